The second-order valence-electron chi connectivity index (χ2n) is 5.03. The summed E-state index contributed by atoms with van der Waals surface area (Å²) in [6.45, 7) is 6.09. The smallest absolute Gasteiger partial charge is 0.242 e. The predicted molar refractivity (Wildman–Crippen MR) is 88.2 cm³/mol. The number of nitrogens with two attached hydrogens (primary N) is 1. The van der Waals surface area contributed by atoms with Crippen molar-refractivity contribution >= 4 is 38.8 Å². The van der Waals surface area contributed by atoms with Crippen molar-refractivity contribution in [1.82, 2.24) is 4.72 Å². The van der Waals surface area contributed by atoms with Crippen molar-refractivity contribution in [2.45, 2.75) is 31.3 Å². The van der Waals surface area contributed by atoms with E-state index in [1.54, 1.807) is 13.8 Å². The fourth-order valence-corrected chi connectivity index (χ4v) is 3.53. The number of sulfonamides is 1. The second-order valence-corrected chi connectivity index (χ2v) is 7.61. The lowest BCUT2D eigenvalue weighted by atomic mass is 10.1. The highest BCUT2D eigenvalue weighted by Crippen LogP contribution is 2.23. The molecule has 5 nitrogen and oxygen atoms in total. The fraction of sp³-hybridized carbons (Fsp3) is 0.462. The zero-order valence-corrected chi connectivity index (χ0v) is 14.5. The Morgan fingerprint density at radius 2 is 2.10 bits per heavy atom. The van der Waals surface area contributed by atoms with Crippen LogP contribution in [0, 0.1) is 0 Å². The predicted octanol–water partition coefficient (Wildman–Crippen LogP) is 2.07. The third-order valence-electron chi connectivity index (χ3n) is 2.73. The Kier molecular flexibility index (Phi) is 6.12. The molecule has 0 aliphatic carbocycles. The molecule has 0 aliphatic rings. The zero-order chi connectivity index (χ0) is 16.3. The van der Waals surface area contributed by atoms with Crippen LogP contribution >= 0.6 is 23.8 Å². The van der Waals surface area contributed by atoms with Crippen LogP contribution in [0.1, 0.15) is 26.3 Å². The average molecular weight is 351 g/mol. The molecule has 0 saturated carbocycles. The van der Waals surface area contributed by atoms with E-state index in [1.165, 1.54) is 18.2 Å². The first kappa shape index (κ1) is 18.3. The van der Waals surface area contributed by atoms with Crippen LogP contribution in [0.15, 0.2) is 23.1 Å². The Labute approximate surface area is 135 Å². The number of hydrogen-bond donors (Lipinski definition) is 2. The molecule has 1 aromatic carbocycles. The summed E-state index contributed by atoms with van der Waals surface area (Å²) < 4.78 is 32.5. The first-order chi connectivity index (χ1) is 9.59. The monoisotopic (exact) mass is 350 g/mol. The molecule has 1 rings (SSSR count). The molecule has 0 atom stereocenters. The molecule has 3 N–H and O–H groups in total. The van der Waals surface area contributed by atoms with E-state index in [0.29, 0.717) is 12.2 Å². The minimum absolute atomic E-state index is 0.0172. The number of thiocarbonyl (C=S) groups is 1. The van der Waals surface area contributed by atoms with E-state index in [9.17, 15) is 8.42 Å². The molecule has 0 aliphatic heterocycles. The number of nitrogens with one attached hydrogen (secondary N) is 1. The summed E-state index contributed by atoms with van der Waals surface area (Å²) in [5.41, 5.74) is 5.40. The van der Waals surface area contributed by atoms with E-state index in [-0.39, 0.29) is 21.5 Å². The lowest BCUT2D eigenvalue weighted by molar-refractivity contribution is -0.00515. The molecule has 0 unspecified atom stereocenters. The number of hydrogen-bond acceptors (Lipinski definition) is 4. The van der Waals surface area contributed by atoms with Gasteiger partial charge in [0.25, 0.3) is 0 Å². The number of benzene rings is 1. The lowest BCUT2D eigenvalue weighted by Crippen LogP contribution is -2.40. The first-order valence-electron chi connectivity index (χ1n) is 6.32. The van der Waals surface area contributed by atoms with Crippen molar-refractivity contribution in [3.63, 3.8) is 0 Å². The molecule has 0 bridgehead atoms. The SMILES string of the molecule is CCOC(C)(C)CNS(=O)(=O)c1ccc(C(N)=S)cc1Cl. The van der Waals surface area contributed by atoms with Gasteiger partial charge in [-0.25, -0.2) is 13.1 Å². The Bertz CT molecular complexity index is 630. The normalized spacial score (nSPS) is 12.4. The second kappa shape index (κ2) is 7.02. The Morgan fingerprint density at radius 1 is 1.48 bits per heavy atom. The van der Waals surface area contributed by atoms with E-state index in [0.717, 1.165) is 0 Å². The van der Waals surface area contributed by atoms with Crippen molar-refractivity contribution in [3.05, 3.63) is 28.8 Å². The van der Waals surface area contributed by atoms with Crippen molar-refractivity contribution < 1.29 is 13.2 Å². The van der Waals surface area contributed by atoms with Gasteiger partial charge in [0, 0.05) is 18.7 Å². The van der Waals surface area contributed by atoms with Crippen LogP contribution in [-0.2, 0) is 14.8 Å². The van der Waals surface area contributed by atoms with E-state index >= 15 is 0 Å². The van der Waals surface area contributed by atoms with Crippen molar-refractivity contribution in [1.29, 1.82) is 0 Å². The van der Waals surface area contributed by atoms with Gasteiger partial charge in [0.05, 0.1) is 10.6 Å². The van der Waals surface area contributed by atoms with E-state index in [1.807, 2.05) is 6.92 Å². The minimum atomic E-state index is -3.73. The Morgan fingerprint density at radius 3 is 2.57 bits per heavy atom. The van der Waals surface area contributed by atoms with Gasteiger partial charge in [-0.15, -0.1) is 0 Å². The molecule has 0 spiro atoms. The summed E-state index contributed by atoms with van der Waals surface area (Å²) in [7, 11) is -3.73. The summed E-state index contributed by atoms with van der Waals surface area (Å²) in [5.74, 6) is 0. The van der Waals surface area contributed by atoms with Gasteiger partial charge in [-0.2, -0.15) is 0 Å². The molecule has 0 saturated heterocycles. The van der Waals surface area contributed by atoms with Gasteiger partial charge in [0.1, 0.15) is 9.88 Å². The Hall–Kier alpha value is -0.730. The number of halogens is 1. The molecule has 0 amide bonds. The van der Waals surface area contributed by atoms with Crippen LogP contribution in [0.5, 0.6) is 0 Å². The van der Waals surface area contributed by atoms with Gasteiger partial charge in [-0.3, -0.25) is 0 Å². The van der Waals surface area contributed by atoms with E-state index in [2.05, 4.69) is 4.72 Å². The third kappa shape index (κ3) is 5.19. The lowest BCUT2D eigenvalue weighted by Gasteiger charge is -2.24. The van der Waals surface area contributed by atoms with Gasteiger partial charge in [-0.05, 0) is 32.9 Å². The largest absolute Gasteiger partial charge is 0.389 e. The topological polar surface area (TPSA) is 81.4 Å². The maximum atomic E-state index is 12.3. The summed E-state index contributed by atoms with van der Waals surface area (Å²) in [4.78, 5) is 0.141. The van der Waals surface area contributed by atoms with Crippen molar-refractivity contribution in [2.24, 2.45) is 5.73 Å². The highest BCUT2D eigenvalue weighted by atomic mass is 35.5. The molecule has 0 aromatic heterocycles. The molecule has 8 heteroatoms. The van der Waals surface area contributed by atoms with Crippen LogP contribution in [0.25, 0.3) is 0 Å². The van der Waals surface area contributed by atoms with Crippen LogP contribution in [0.3, 0.4) is 0 Å². The van der Waals surface area contributed by atoms with Crippen LogP contribution in [-0.4, -0.2) is 32.2 Å². The summed E-state index contributed by atoms with van der Waals surface area (Å²) >= 11 is 10.8. The van der Waals surface area contributed by atoms with Gasteiger partial charge >= 0.3 is 0 Å². The maximum Gasteiger partial charge on any atom is 0.242 e. The van der Waals surface area contributed by atoms with Crippen LogP contribution < -0.4 is 10.5 Å². The zero-order valence-electron chi connectivity index (χ0n) is 12.1. The molecular formula is C13H19ClN2O3S2. The third-order valence-corrected chi connectivity index (χ3v) is 4.85. The molecular weight excluding hydrogens is 332 g/mol. The molecule has 0 heterocycles. The molecule has 1 aromatic rings. The van der Waals surface area contributed by atoms with Gasteiger partial charge < -0.3 is 10.5 Å². The summed E-state index contributed by atoms with van der Waals surface area (Å²) in [6, 6.07) is 4.34. The summed E-state index contributed by atoms with van der Waals surface area (Å²) in [5, 5.41) is 0.0713. The number of rotatable bonds is 7. The summed E-state index contributed by atoms with van der Waals surface area (Å²) in [6.07, 6.45) is 0. The first-order valence-corrected chi connectivity index (χ1v) is 8.59. The maximum absolute atomic E-state index is 12.3. The van der Waals surface area contributed by atoms with E-state index < -0.39 is 15.6 Å². The van der Waals surface area contributed by atoms with Crippen molar-refractivity contribution in [2.75, 3.05) is 13.2 Å². The van der Waals surface area contributed by atoms with Gasteiger partial charge in [0.15, 0.2) is 0 Å². The molecule has 21 heavy (non-hydrogen) atoms. The van der Waals surface area contributed by atoms with Crippen molar-refractivity contribution in [3.8, 4) is 0 Å². The molecule has 0 fully saturated rings. The van der Waals surface area contributed by atoms with Crippen LogP contribution in [0.2, 0.25) is 5.02 Å². The standard InChI is InChI=1S/C13H19ClN2O3S2/c1-4-19-13(2,3)8-16-21(17,18)11-6-5-9(12(15)20)7-10(11)14/h5-7,16H,4,8H2,1-3H3,(H2,15,20). The fourth-order valence-electron chi connectivity index (χ4n) is 1.66. The average Bonchev–Trinajstić information content (AvgIpc) is 2.36. The van der Waals surface area contributed by atoms with Crippen LogP contribution in [0.4, 0.5) is 0 Å². The van der Waals surface area contributed by atoms with E-state index in [4.69, 9.17) is 34.3 Å². The molecule has 118 valence electrons. The van der Waals surface area contributed by atoms with Gasteiger partial charge in [-0.1, -0.05) is 29.9 Å². The highest BCUT2D eigenvalue weighted by molar-refractivity contribution is 7.89. The highest BCUT2D eigenvalue weighted by Gasteiger charge is 2.24. The van der Waals surface area contributed by atoms with Gasteiger partial charge in [0.2, 0.25) is 10.0 Å². The Balaban J connectivity index is 2.96. The molecule has 0 radical (unpaired) electrons. The number of ether oxygens (including phenoxy) is 1. The minimum Gasteiger partial charge on any atom is -0.389 e. The quantitative estimate of drug-likeness (QED) is 0.736.